The molecule has 0 saturated carbocycles. The Kier molecular flexibility index (Phi) is 4.01. The summed E-state index contributed by atoms with van der Waals surface area (Å²) in [5, 5.41) is 15.0. The number of hydrogen-bond donors (Lipinski definition) is 1. The first-order valence-electron chi connectivity index (χ1n) is 8.98. The molecule has 0 saturated heterocycles. The first-order valence-corrected chi connectivity index (χ1v) is 8.98. The molecule has 4 heterocycles. The first kappa shape index (κ1) is 17.0. The van der Waals surface area contributed by atoms with Gasteiger partial charge in [0.05, 0.1) is 23.9 Å². The van der Waals surface area contributed by atoms with Crippen LogP contribution in [0.1, 0.15) is 11.6 Å². The molecular weight excluding hydrogens is 372 g/mol. The Labute approximate surface area is 164 Å². The van der Waals surface area contributed by atoms with Crippen LogP contribution < -0.4 is 5.32 Å². The molecule has 1 N–H and O–H groups in total. The molecule has 0 atom stereocenters. The maximum Gasteiger partial charge on any atom is 0.258 e. The zero-order valence-electron chi connectivity index (χ0n) is 15.5. The quantitative estimate of drug-likeness (QED) is 0.487. The summed E-state index contributed by atoms with van der Waals surface area (Å²) in [6, 6.07) is 11.3. The minimum absolute atomic E-state index is 0.136. The molecule has 0 aliphatic rings. The van der Waals surface area contributed by atoms with Gasteiger partial charge in [-0.15, -0.1) is 10.2 Å². The second kappa shape index (κ2) is 6.82. The highest BCUT2D eigenvalue weighted by atomic mass is 16.5. The van der Waals surface area contributed by atoms with Gasteiger partial charge >= 0.3 is 0 Å². The predicted molar refractivity (Wildman–Crippen MR) is 103 cm³/mol. The van der Waals surface area contributed by atoms with Crippen LogP contribution in [-0.2, 0) is 17.9 Å². The van der Waals surface area contributed by atoms with Gasteiger partial charge in [-0.05, 0) is 31.2 Å². The summed E-state index contributed by atoms with van der Waals surface area (Å²) >= 11 is 0. The Balaban J connectivity index is 1.29. The lowest BCUT2D eigenvalue weighted by molar-refractivity contribution is -0.121. The zero-order chi connectivity index (χ0) is 19.8. The molecule has 29 heavy (non-hydrogen) atoms. The van der Waals surface area contributed by atoms with E-state index >= 15 is 0 Å². The van der Waals surface area contributed by atoms with Crippen LogP contribution in [0.3, 0.4) is 0 Å². The Morgan fingerprint density at radius 3 is 2.97 bits per heavy atom. The highest BCUT2D eigenvalue weighted by Crippen LogP contribution is 2.19. The van der Waals surface area contributed by atoms with Gasteiger partial charge in [-0.2, -0.15) is 4.98 Å². The van der Waals surface area contributed by atoms with Gasteiger partial charge in [-0.3, -0.25) is 9.20 Å². The van der Waals surface area contributed by atoms with Crippen molar-refractivity contribution < 1.29 is 9.32 Å². The largest absolute Gasteiger partial charge is 0.347 e. The van der Waals surface area contributed by atoms with Gasteiger partial charge in [-0.25, -0.2) is 4.98 Å². The summed E-state index contributed by atoms with van der Waals surface area (Å²) < 4.78 is 8.80. The van der Waals surface area contributed by atoms with Gasteiger partial charge in [0.15, 0.2) is 17.3 Å². The molecule has 4 aromatic heterocycles. The molecule has 10 nitrogen and oxygen atoms in total. The molecule has 5 aromatic rings. The minimum Gasteiger partial charge on any atom is -0.347 e. The predicted octanol–water partition coefficient (Wildman–Crippen LogP) is 1.75. The number of pyridine rings is 1. The Morgan fingerprint density at radius 2 is 2.10 bits per heavy atom. The summed E-state index contributed by atoms with van der Waals surface area (Å²) in [5.41, 5.74) is 3.16. The molecule has 0 aliphatic heterocycles. The van der Waals surface area contributed by atoms with Gasteiger partial charge in [0.2, 0.25) is 5.91 Å². The van der Waals surface area contributed by atoms with Crippen LogP contribution in [0.25, 0.3) is 28.1 Å². The van der Waals surface area contributed by atoms with Crippen LogP contribution in [0.4, 0.5) is 0 Å². The molecule has 144 valence electrons. The van der Waals surface area contributed by atoms with E-state index in [4.69, 9.17) is 4.52 Å². The van der Waals surface area contributed by atoms with Crippen molar-refractivity contribution in [2.24, 2.45) is 0 Å². The molecule has 10 heteroatoms. The van der Waals surface area contributed by atoms with E-state index in [1.165, 1.54) is 0 Å². The highest BCUT2D eigenvalue weighted by molar-refractivity contribution is 5.80. The van der Waals surface area contributed by atoms with E-state index in [1.807, 2.05) is 47.2 Å². The number of nitrogens with zero attached hydrogens (tertiary/aromatic N) is 7. The maximum absolute atomic E-state index is 12.4. The summed E-state index contributed by atoms with van der Waals surface area (Å²) in [7, 11) is 0. The average molecular weight is 388 g/mol. The number of para-hydroxylation sites is 2. The number of rotatable bonds is 5. The third-order valence-corrected chi connectivity index (χ3v) is 4.54. The van der Waals surface area contributed by atoms with E-state index in [-0.39, 0.29) is 19.0 Å². The Bertz CT molecular complexity index is 1330. The number of amides is 1. The lowest BCUT2D eigenvalue weighted by Gasteiger charge is -2.06. The zero-order valence-corrected chi connectivity index (χ0v) is 15.5. The number of carbonyl (C=O) groups excluding carboxylic acids is 1. The first-order chi connectivity index (χ1) is 14.2. The average Bonchev–Trinajstić information content (AvgIpc) is 3.45. The van der Waals surface area contributed by atoms with Crippen molar-refractivity contribution >= 4 is 22.6 Å². The Morgan fingerprint density at radius 1 is 1.21 bits per heavy atom. The highest BCUT2D eigenvalue weighted by Gasteiger charge is 2.12. The second-order valence-electron chi connectivity index (χ2n) is 6.54. The number of carbonyl (C=O) groups is 1. The lowest BCUT2D eigenvalue weighted by atomic mass is 10.2. The van der Waals surface area contributed by atoms with Gasteiger partial charge in [0.25, 0.3) is 5.89 Å². The van der Waals surface area contributed by atoms with Crippen molar-refractivity contribution in [1.29, 1.82) is 0 Å². The fourth-order valence-corrected chi connectivity index (χ4v) is 3.13. The number of aromatic nitrogens is 7. The van der Waals surface area contributed by atoms with Crippen LogP contribution in [0.5, 0.6) is 0 Å². The molecule has 0 bridgehead atoms. The summed E-state index contributed by atoms with van der Waals surface area (Å²) in [4.78, 5) is 20.9. The second-order valence-corrected chi connectivity index (χ2v) is 6.54. The van der Waals surface area contributed by atoms with Crippen LogP contribution in [0, 0.1) is 6.92 Å². The van der Waals surface area contributed by atoms with Crippen molar-refractivity contribution in [3.8, 4) is 11.5 Å². The van der Waals surface area contributed by atoms with E-state index in [2.05, 4.69) is 30.6 Å². The standard InChI is InChI=1S/C19H16N8O2/c1-12-22-19(29-25-12)13-6-7-27-16(8-13)23-24-17(27)9-20-18(28)10-26-11-21-14-4-2-3-5-15(14)26/h2-8,11H,9-10H2,1H3,(H,20,28). The molecule has 1 amide bonds. The number of aryl methyl sites for hydroxylation is 1. The molecule has 0 aliphatic carbocycles. The van der Waals surface area contributed by atoms with Crippen molar-refractivity contribution in [3.05, 3.63) is 60.6 Å². The topological polar surface area (TPSA) is 116 Å². The van der Waals surface area contributed by atoms with E-state index in [9.17, 15) is 4.79 Å². The van der Waals surface area contributed by atoms with Crippen LogP contribution >= 0.6 is 0 Å². The third-order valence-electron chi connectivity index (χ3n) is 4.54. The fraction of sp³-hybridized carbons (Fsp3) is 0.158. The van der Waals surface area contributed by atoms with Crippen LogP contribution in [0.15, 0.2) is 53.4 Å². The molecule has 0 radical (unpaired) electrons. The molecule has 1 aromatic carbocycles. The normalized spacial score (nSPS) is 11.3. The van der Waals surface area contributed by atoms with Gasteiger partial charge < -0.3 is 14.4 Å². The maximum atomic E-state index is 12.4. The summed E-state index contributed by atoms with van der Waals surface area (Å²) in [6.07, 6.45) is 3.48. The molecular formula is C19H16N8O2. The fourth-order valence-electron chi connectivity index (χ4n) is 3.13. The molecule has 0 unspecified atom stereocenters. The van der Waals surface area contributed by atoms with Crippen molar-refractivity contribution in [2.75, 3.05) is 0 Å². The number of nitrogens with one attached hydrogen (secondary N) is 1. The minimum atomic E-state index is -0.136. The molecule has 0 fully saturated rings. The van der Waals surface area contributed by atoms with Gasteiger partial charge in [0, 0.05) is 11.8 Å². The number of fused-ring (bicyclic) bond motifs is 2. The third kappa shape index (κ3) is 3.20. The number of benzene rings is 1. The smallest absolute Gasteiger partial charge is 0.258 e. The number of imidazole rings is 1. The summed E-state index contributed by atoms with van der Waals surface area (Å²) in [6.45, 7) is 2.19. The molecule has 5 rings (SSSR count). The van der Waals surface area contributed by atoms with E-state index < -0.39 is 0 Å². The van der Waals surface area contributed by atoms with E-state index in [0.29, 0.717) is 23.2 Å². The van der Waals surface area contributed by atoms with Gasteiger partial charge in [-0.1, -0.05) is 17.3 Å². The Hall–Kier alpha value is -4.08. The van der Waals surface area contributed by atoms with E-state index in [1.54, 1.807) is 17.7 Å². The lowest BCUT2D eigenvalue weighted by Crippen LogP contribution is -2.27. The monoisotopic (exact) mass is 388 g/mol. The van der Waals surface area contributed by atoms with Crippen molar-refractivity contribution in [1.82, 2.24) is 39.6 Å². The van der Waals surface area contributed by atoms with Gasteiger partial charge in [0.1, 0.15) is 6.54 Å². The SMILES string of the molecule is Cc1noc(-c2ccn3c(CNC(=O)Cn4cnc5ccccc54)nnc3c2)n1. The van der Waals surface area contributed by atoms with E-state index in [0.717, 1.165) is 16.6 Å². The number of hydrogen-bond acceptors (Lipinski definition) is 7. The van der Waals surface area contributed by atoms with Crippen LogP contribution in [-0.4, -0.2) is 40.2 Å². The van der Waals surface area contributed by atoms with Crippen LogP contribution in [0.2, 0.25) is 0 Å². The van der Waals surface area contributed by atoms with Crippen molar-refractivity contribution in [2.45, 2.75) is 20.0 Å². The summed E-state index contributed by atoms with van der Waals surface area (Å²) in [5.74, 6) is 1.48. The van der Waals surface area contributed by atoms with Crippen molar-refractivity contribution in [3.63, 3.8) is 0 Å². The molecule has 0 spiro atoms.